The molecule has 1 aliphatic carbocycles. The van der Waals surface area contributed by atoms with Gasteiger partial charge in [-0.2, -0.15) is 0 Å². The van der Waals surface area contributed by atoms with Gasteiger partial charge in [0.2, 0.25) is 0 Å². The minimum Gasteiger partial charge on any atom is -0.497 e. The fourth-order valence-corrected chi connectivity index (χ4v) is 1.94. The number of aliphatic carboxylic acids is 1. The number of carbonyl (C=O) groups is 1. The average molecular weight is 261 g/mol. The Kier molecular flexibility index (Phi) is 3.37. The second-order valence-corrected chi connectivity index (χ2v) is 4.12. The van der Waals surface area contributed by atoms with E-state index in [2.05, 4.69) is 15.9 Å². The maximum Gasteiger partial charge on any atom is 0.311 e. The summed E-state index contributed by atoms with van der Waals surface area (Å²) in [6.45, 7) is 1.90. The molecule has 14 heavy (non-hydrogen) atoms. The van der Waals surface area contributed by atoms with E-state index >= 15 is 0 Å². The Morgan fingerprint density at radius 2 is 2.43 bits per heavy atom. The molecule has 0 fully saturated rings. The van der Waals surface area contributed by atoms with E-state index in [0.717, 1.165) is 0 Å². The normalized spacial score (nSPS) is 31.1. The molecule has 0 bridgehead atoms. The monoisotopic (exact) mass is 260 g/mol. The standard InChI is InChI=1S/C10H13BrO3/c1-10(6-11)4-3-7(14-2)5-8(10)9(12)13/h3-5,8H,6H2,1-2H3,(H,12,13). The van der Waals surface area contributed by atoms with Gasteiger partial charge in [-0.1, -0.05) is 28.9 Å². The second-order valence-electron chi connectivity index (χ2n) is 3.56. The van der Waals surface area contributed by atoms with Gasteiger partial charge in [-0.3, -0.25) is 4.79 Å². The molecule has 78 valence electrons. The summed E-state index contributed by atoms with van der Waals surface area (Å²) in [5.41, 5.74) is -0.381. The number of rotatable bonds is 3. The van der Waals surface area contributed by atoms with Crippen LogP contribution in [-0.2, 0) is 9.53 Å². The first kappa shape index (κ1) is 11.3. The summed E-state index contributed by atoms with van der Waals surface area (Å²) in [5, 5.41) is 9.68. The lowest BCUT2D eigenvalue weighted by Crippen LogP contribution is -2.34. The molecule has 0 amide bonds. The lowest BCUT2D eigenvalue weighted by molar-refractivity contribution is -0.142. The number of hydrogen-bond acceptors (Lipinski definition) is 2. The van der Waals surface area contributed by atoms with Gasteiger partial charge in [0, 0.05) is 10.7 Å². The highest BCUT2D eigenvalue weighted by molar-refractivity contribution is 9.09. The zero-order valence-corrected chi connectivity index (χ0v) is 9.74. The van der Waals surface area contributed by atoms with Crippen molar-refractivity contribution in [1.82, 2.24) is 0 Å². The summed E-state index contributed by atoms with van der Waals surface area (Å²) in [7, 11) is 1.53. The first-order valence-electron chi connectivity index (χ1n) is 4.27. The quantitative estimate of drug-likeness (QED) is 0.792. The van der Waals surface area contributed by atoms with Crippen molar-refractivity contribution in [2.24, 2.45) is 11.3 Å². The molecule has 1 rings (SSSR count). The van der Waals surface area contributed by atoms with E-state index < -0.39 is 11.9 Å². The van der Waals surface area contributed by atoms with Crippen LogP contribution in [0.5, 0.6) is 0 Å². The van der Waals surface area contributed by atoms with Gasteiger partial charge in [0.1, 0.15) is 5.76 Å². The number of hydrogen-bond donors (Lipinski definition) is 1. The van der Waals surface area contributed by atoms with Crippen molar-refractivity contribution in [3.63, 3.8) is 0 Å². The van der Waals surface area contributed by atoms with E-state index in [4.69, 9.17) is 9.84 Å². The molecule has 1 aliphatic rings. The molecule has 2 unspecified atom stereocenters. The minimum absolute atomic E-state index is 0.381. The third kappa shape index (κ3) is 2.00. The number of carboxylic acids is 1. The maximum absolute atomic E-state index is 11.0. The molecule has 0 heterocycles. The van der Waals surface area contributed by atoms with E-state index in [0.29, 0.717) is 11.1 Å². The number of ether oxygens (including phenoxy) is 1. The van der Waals surface area contributed by atoms with Gasteiger partial charge in [-0.15, -0.1) is 0 Å². The molecule has 0 aromatic carbocycles. The van der Waals surface area contributed by atoms with Gasteiger partial charge in [0.15, 0.2) is 0 Å². The molecular weight excluding hydrogens is 248 g/mol. The summed E-state index contributed by atoms with van der Waals surface area (Å²) in [6, 6.07) is 0. The van der Waals surface area contributed by atoms with Crippen LogP contribution in [0, 0.1) is 11.3 Å². The zero-order chi connectivity index (χ0) is 10.8. The molecule has 0 saturated heterocycles. The Hall–Kier alpha value is -0.770. The molecule has 1 N–H and O–H groups in total. The van der Waals surface area contributed by atoms with E-state index in [9.17, 15) is 4.79 Å². The number of allylic oxidation sites excluding steroid dienone is 2. The Balaban J connectivity index is 3.00. The highest BCUT2D eigenvalue weighted by Gasteiger charge is 2.37. The van der Waals surface area contributed by atoms with Crippen molar-refractivity contribution in [3.8, 4) is 0 Å². The Bertz CT molecular complexity index is 296. The number of methoxy groups -OCH3 is 1. The molecule has 3 nitrogen and oxygen atoms in total. The van der Waals surface area contributed by atoms with Crippen LogP contribution >= 0.6 is 15.9 Å². The van der Waals surface area contributed by atoms with Gasteiger partial charge in [-0.25, -0.2) is 0 Å². The molecule has 0 aromatic heterocycles. The Labute approximate surface area is 91.6 Å². The molecule has 0 spiro atoms. The van der Waals surface area contributed by atoms with Crippen molar-refractivity contribution in [3.05, 3.63) is 24.0 Å². The van der Waals surface area contributed by atoms with Crippen LogP contribution in [0.4, 0.5) is 0 Å². The predicted octanol–water partition coefficient (Wildman–Crippen LogP) is 2.19. The summed E-state index contributed by atoms with van der Waals surface area (Å²) in [5.74, 6) is -0.761. The highest BCUT2D eigenvalue weighted by Crippen LogP contribution is 2.36. The van der Waals surface area contributed by atoms with Crippen LogP contribution < -0.4 is 0 Å². The number of halogens is 1. The summed E-state index contributed by atoms with van der Waals surface area (Å²) in [6.07, 6.45) is 5.32. The topological polar surface area (TPSA) is 46.5 Å². The van der Waals surface area contributed by atoms with Crippen LogP contribution in [0.15, 0.2) is 24.0 Å². The zero-order valence-electron chi connectivity index (χ0n) is 8.16. The summed E-state index contributed by atoms with van der Waals surface area (Å²) in [4.78, 5) is 11.0. The number of alkyl halides is 1. The molecular formula is C10H13BrO3. The first-order valence-corrected chi connectivity index (χ1v) is 5.39. The van der Waals surface area contributed by atoms with Crippen molar-refractivity contribution in [2.75, 3.05) is 12.4 Å². The molecule has 0 saturated carbocycles. The van der Waals surface area contributed by atoms with E-state index in [-0.39, 0.29) is 5.41 Å². The fraction of sp³-hybridized carbons (Fsp3) is 0.500. The third-order valence-corrected chi connectivity index (χ3v) is 3.67. The Morgan fingerprint density at radius 3 is 2.86 bits per heavy atom. The van der Waals surface area contributed by atoms with Gasteiger partial charge < -0.3 is 9.84 Å². The van der Waals surface area contributed by atoms with Crippen LogP contribution in [-0.4, -0.2) is 23.5 Å². The smallest absolute Gasteiger partial charge is 0.311 e. The van der Waals surface area contributed by atoms with Gasteiger partial charge in [0.25, 0.3) is 0 Å². The molecule has 0 aromatic rings. The number of carboxylic acid groups (broad SMARTS) is 1. The van der Waals surface area contributed by atoms with Crippen molar-refractivity contribution in [1.29, 1.82) is 0 Å². The average Bonchev–Trinajstić information content (AvgIpc) is 2.18. The molecule has 0 radical (unpaired) electrons. The molecule has 4 heteroatoms. The van der Waals surface area contributed by atoms with Crippen molar-refractivity contribution in [2.45, 2.75) is 6.92 Å². The SMILES string of the molecule is COC1=CC(C(=O)O)C(C)(CBr)C=C1. The van der Waals surface area contributed by atoms with Crippen LogP contribution in [0.2, 0.25) is 0 Å². The first-order chi connectivity index (χ1) is 6.53. The van der Waals surface area contributed by atoms with Gasteiger partial charge in [-0.05, 0) is 12.2 Å². The second kappa shape index (κ2) is 4.17. The molecule has 0 aliphatic heterocycles. The van der Waals surface area contributed by atoms with Crippen molar-refractivity contribution < 1.29 is 14.6 Å². The van der Waals surface area contributed by atoms with E-state index in [1.54, 1.807) is 12.2 Å². The largest absolute Gasteiger partial charge is 0.497 e. The predicted molar refractivity (Wildman–Crippen MR) is 57.3 cm³/mol. The summed E-state index contributed by atoms with van der Waals surface area (Å²) < 4.78 is 5.01. The Morgan fingerprint density at radius 1 is 1.79 bits per heavy atom. The highest BCUT2D eigenvalue weighted by atomic mass is 79.9. The lowest BCUT2D eigenvalue weighted by atomic mass is 9.76. The lowest BCUT2D eigenvalue weighted by Gasteiger charge is -2.31. The van der Waals surface area contributed by atoms with Crippen LogP contribution in [0.1, 0.15) is 6.92 Å². The summed E-state index contributed by atoms with van der Waals surface area (Å²) >= 11 is 3.33. The van der Waals surface area contributed by atoms with Gasteiger partial charge in [0.05, 0.1) is 13.0 Å². The van der Waals surface area contributed by atoms with Crippen LogP contribution in [0.3, 0.4) is 0 Å². The van der Waals surface area contributed by atoms with Gasteiger partial charge >= 0.3 is 5.97 Å². The fourth-order valence-electron chi connectivity index (χ4n) is 1.40. The van der Waals surface area contributed by atoms with Crippen molar-refractivity contribution >= 4 is 21.9 Å². The minimum atomic E-state index is -0.828. The maximum atomic E-state index is 11.0. The van der Waals surface area contributed by atoms with E-state index in [1.165, 1.54) is 7.11 Å². The van der Waals surface area contributed by atoms with E-state index in [1.807, 2.05) is 13.0 Å². The third-order valence-electron chi connectivity index (χ3n) is 2.46. The van der Waals surface area contributed by atoms with Crippen LogP contribution in [0.25, 0.3) is 0 Å². The molecule has 2 atom stereocenters.